The molecule has 0 N–H and O–H groups in total. The van der Waals surface area contributed by atoms with Crippen molar-refractivity contribution in [3.63, 3.8) is 0 Å². The number of rotatable bonds is 10. The van der Waals surface area contributed by atoms with Gasteiger partial charge in [-0.1, -0.05) is 153 Å². The zero-order valence-electron chi connectivity index (χ0n) is 35.0. The van der Waals surface area contributed by atoms with Gasteiger partial charge in [-0.25, -0.2) is 10.0 Å². The largest absolute Gasteiger partial charge is 0.496 e. The van der Waals surface area contributed by atoms with E-state index in [1.807, 2.05) is 14.2 Å². The Balaban J connectivity index is 1.69. The van der Waals surface area contributed by atoms with Gasteiger partial charge >= 0.3 is 0 Å². The number of ether oxygens (including phenoxy) is 2. The SMILES string of the molecule is COc1c(C(C)(C)C)cc2c(c1-c1ccccc1)C=C(CC(C)C)C2S(C)(C)C1C(CC(C)C)=Cc2c1cc(C(C)(C)C)c(OC)c2-c1ccccc1. The van der Waals surface area contributed by atoms with Crippen LogP contribution in [0.25, 0.3) is 34.4 Å². The third-order valence-electron chi connectivity index (χ3n) is 11.3. The average molecular weight is 729 g/mol. The third-order valence-corrected chi connectivity index (χ3v) is 14.8. The van der Waals surface area contributed by atoms with Gasteiger partial charge in [-0.15, -0.1) is 0 Å². The summed E-state index contributed by atoms with van der Waals surface area (Å²) in [6.07, 6.45) is 12.6. The molecule has 282 valence electrons. The van der Waals surface area contributed by atoms with Crippen molar-refractivity contribution in [2.24, 2.45) is 11.8 Å². The lowest BCUT2D eigenvalue weighted by molar-refractivity contribution is 0.399. The maximum atomic E-state index is 6.41. The second-order valence-electron chi connectivity index (χ2n) is 18.8. The summed E-state index contributed by atoms with van der Waals surface area (Å²) in [5, 5.41) is 0.613. The van der Waals surface area contributed by atoms with Crippen LogP contribution in [0.15, 0.2) is 83.9 Å². The number of methoxy groups -OCH3 is 2. The van der Waals surface area contributed by atoms with Crippen LogP contribution in [0, 0.1) is 11.8 Å². The second kappa shape index (κ2) is 14.5. The Morgan fingerprint density at radius 2 is 0.906 bits per heavy atom. The summed E-state index contributed by atoms with van der Waals surface area (Å²) >= 11 is 0. The van der Waals surface area contributed by atoms with E-state index in [1.165, 1.54) is 55.6 Å². The zero-order chi connectivity index (χ0) is 38.6. The Hall–Kier alpha value is -3.69. The lowest BCUT2D eigenvalue weighted by Gasteiger charge is -2.48. The minimum atomic E-state index is -1.43. The van der Waals surface area contributed by atoms with Crippen molar-refractivity contribution < 1.29 is 9.47 Å². The van der Waals surface area contributed by atoms with Crippen LogP contribution in [0.4, 0.5) is 0 Å². The Labute approximate surface area is 323 Å². The highest BCUT2D eigenvalue weighted by molar-refractivity contribution is 8.33. The summed E-state index contributed by atoms with van der Waals surface area (Å²) in [5.74, 6) is 3.11. The molecule has 2 aliphatic carbocycles. The van der Waals surface area contributed by atoms with E-state index in [0.717, 1.165) is 24.3 Å². The lowest BCUT2D eigenvalue weighted by Crippen LogP contribution is -2.21. The van der Waals surface area contributed by atoms with Crippen LogP contribution >= 0.6 is 10.0 Å². The van der Waals surface area contributed by atoms with E-state index in [9.17, 15) is 0 Å². The van der Waals surface area contributed by atoms with E-state index in [0.29, 0.717) is 22.3 Å². The predicted octanol–water partition coefficient (Wildman–Crippen LogP) is 14.4. The summed E-state index contributed by atoms with van der Waals surface area (Å²) < 4.78 is 12.8. The molecule has 2 nitrogen and oxygen atoms in total. The predicted molar refractivity (Wildman–Crippen MR) is 234 cm³/mol. The third kappa shape index (κ3) is 7.16. The molecule has 0 amide bonds. The van der Waals surface area contributed by atoms with Gasteiger partial charge in [0.15, 0.2) is 0 Å². The maximum absolute atomic E-state index is 6.41. The summed E-state index contributed by atoms with van der Waals surface area (Å²) in [5.41, 5.74) is 16.1. The van der Waals surface area contributed by atoms with Gasteiger partial charge in [0.2, 0.25) is 0 Å². The molecule has 0 aromatic heterocycles. The highest BCUT2D eigenvalue weighted by Gasteiger charge is 2.46. The van der Waals surface area contributed by atoms with Gasteiger partial charge in [0, 0.05) is 32.8 Å². The molecule has 0 spiro atoms. The van der Waals surface area contributed by atoms with Gasteiger partial charge in [-0.05, 0) is 93.5 Å². The summed E-state index contributed by atoms with van der Waals surface area (Å²) in [6.45, 7) is 23.5. The second-order valence-corrected chi connectivity index (χ2v) is 22.7. The van der Waals surface area contributed by atoms with Gasteiger partial charge in [0.05, 0.1) is 14.2 Å². The molecule has 2 unspecified atom stereocenters. The van der Waals surface area contributed by atoms with E-state index in [2.05, 4.69) is 167 Å². The number of hydrogen-bond donors (Lipinski definition) is 0. The topological polar surface area (TPSA) is 18.5 Å². The van der Waals surface area contributed by atoms with Crippen LogP contribution < -0.4 is 9.47 Å². The van der Waals surface area contributed by atoms with Crippen molar-refractivity contribution in [2.75, 3.05) is 26.7 Å². The lowest BCUT2D eigenvalue weighted by atomic mass is 9.81. The Bertz CT molecular complexity index is 1880. The highest BCUT2D eigenvalue weighted by Crippen LogP contribution is 2.74. The molecule has 0 aliphatic heterocycles. The molecule has 6 rings (SSSR count). The first kappa shape index (κ1) is 39.0. The standard InChI is InChI=1S/C50H64O2S/c1-31(2)25-35-27-37-39(29-41(49(5,6)7)45(51-11)43(37)33-21-17-15-18-22-33)47(35)53(13,14)48-36(26-32(3)4)28-38-40(48)30-42(50(8,9)10)46(52-12)44(38)34-23-19-16-20-24-34/h15-24,27-32,47-48H,25-26H2,1-14H3. The van der Waals surface area contributed by atoms with Gasteiger partial charge in [0.1, 0.15) is 11.5 Å². The van der Waals surface area contributed by atoms with Crippen LogP contribution in [-0.4, -0.2) is 26.7 Å². The van der Waals surface area contributed by atoms with Crippen LogP contribution in [0.3, 0.4) is 0 Å². The van der Waals surface area contributed by atoms with Crippen LogP contribution in [-0.2, 0) is 10.8 Å². The van der Waals surface area contributed by atoms with Crippen LogP contribution in [0.1, 0.15) is 126 Å². The summed E-state index contributed by atoms with van der Waals surface area (Å²) in [6, 6.07) is 27.0. The van der Waals surface area contributed by atoms with Crippen molar-refractivity contribution in [1.29, 1.82) is 0 Å². The van der Waals surface area contributed by atoms with E-state index >= 15 is 0 Å². The summed E-state index contributed by atoms with van der Waals surface area (Å²) in [7, 11) is 2.27. The monoisotopic (exact) mass is 728 g/mol. The molecular formula is C50H64O2S. The molecule has 3 heteroatoms. The van der Waals surface area contributed by atoms with E-state index in [4.69, 9.17) is 9.47 Å². The minimum absolute atomic E-state index is 0.0971. The molecule has 0 heterocycles. The van der Waals surface area contributed by atoms with E-state index < -0.39 is 10.0 Å². The van der Waals surface area contributed by atoms with Crippen molar-refractivity contribution in [3.8, 4) is 33.8 Å². The molecule has 53 heavy (non-hydrogen) atoms. The van der Waals surface area contributed by atoms with E-state index in [-0.39, 0.29) is 10.8 Å². The fraction of sp³-hybridized carbons (Fsp3) is 0.440. The normalized spacial score (nSPS) is 17.5. The molecular weight excluding hydrogens is 665 g/mol. The minimum Gasteiger partial charge on any atom is -0.496 e. The number of hydrogen-bond acceptors (Lipinski definition) is 2. The van der Waals surface area contributed by atoms with Gasteiger partial charge in [-0.2, -0.15) is 0 Å². The van der Waals surface area contributed by atoms with Crippen LogP contribution in [0.5, 0.6) is 11.5 Å². The van der Waals surface area contributed by atoms with Gasteiger partial charge < -0.3 is 9.47 Å². The average Bonchev–Trinajstić information content (AvgIpc) is 3.63. The van der Waals surface area contributed by atoms with Crippen molar-refractivity contribution >= 4 is 22.2 Å². The molecule has 0 saturated heterocycles. The summed E-state index contributed by atoms with van der Waals surface area (Å²) in [4.78, 5) is 0. The van der Waals surface area contributed by atoms with Crippen molar-refractivity contribution in [3.05, 3.63) is 117 Å². The first-order valence-corrected chi connectivity index (χ1v) is 22.2. The molecule has 2 atom stereocenters. The molecule has 4 aromatic carbocycles. The first-order valence-electron chi connectivity index (χ1n) is 19.6. The first-order chi connectivity index (χ1) is 24.9. The Morgan fingerprint density at radius 1 is 0.566 bits per heavy atom. The van der Waals surface area contributed by atoms with Gasteiger partial charge in [0.25, 0.3) is 0 Å². The van der Waals surface area contributed by atoms with Crippen molar-refractivity contribution in [2.45, 2.75) is 103 Å². The number of fused-ring (bicyclic) bond motifs is 2. The fourth-order valence-electron chi connectivity index (χ4n) is 9.23. The van der Waals surface area contributed by atoms with Gasteiger partial charge in [-0.3, -0.25) is 0 Å². The molecule has 0 radical (unpaired) electrons. The quantitative estimate of drug-likeness (QED) is 0.162. The Kier molecular flexibility index (Phi) is 10.7. The molecule has 0 saturated carbocycles. The highest BCUT2D eigenvalue weighted by atomic mass is 32.3. The van der Waals surface area contributed by atoms with E-state index in [1.54, 1.807) is 11.1 Å². The molecule has 4 aromatic rings. The number of benzene rings is 4. The molecule has 0 fully saturated rings. The fourth-order valence-corrected chi connectivity index (χ4v) is 13.1. The van der Waals surface area contributed by atoms with Crippen molar-refractivity contribution in [1.82, 2.24) is 0 Å². The van der Waals surface area contributed by atoms with Crippen LogP contribution in [0.2, 0.25) is 0 Å². The smallest absolute Gasteiger partial charge is 0.131 e. The zero-order valence-corrected chi connectivity index (χ0v) is 35.8. The molecule has 0 bridgehead atoms. The maximum Gasteiger partial charge on any atom is 0.131 e. The Morgan fingerprint density at radius 3 is 1.19 bits per heavy atom. The molecule has 2 aliphatic rings.